The molecule has 2 fully saturated rings. The van der Waals surface area contributed by atoms with Crippen molar-refractivity contribution in [3.63, 3.8) is 0 Å². The van der Waals surface area contributed by atoms with Crippen molar-refractivity contribution in [2.24, 2.45) is 16.6 Å². The van der Waals surface area contributed by atoms with Crippen molar-refractivity contribution in [3.05, 3.63) is 0 Å². The minimum atomic E-state index is 0. The summed E-state index contributed by atoms with van der Waals surface area (Å²) in [6.45, 7) is 1.51. The summed E-state index contributed by atoms with van der Waals surface area (Å²) in [6, 6.07) is 0.526. The van der Waals surface area contributed by atoms with E-state index in [1.807, 2.05) is 7.05 Å². The van der Waals surface area contributed by atoms with Crippen molar-refractivity contribution < 1.29 is 4.79 Å². The summed E-state index contributed by atoms with van der Waals surface area (Å²) in [5.41, 5.74) is 5.81. The Bertz CT molecular complexity index is 317. The molecule has 1 saturated carbocycles. The molecule has 1 atom stereocenters. The molecule has 104 valence electrons. The molecule has 2 rings (SSSR count). The second-order valence-corrected chi connectivity index (χ2v) is 5.17. The second-order valence-electron chi connectivity index (χ2n) is 5.17. The van der Waals surface area contributed by atoms with E-state index in [1.165, 1.54) is 19.3 Å². The first kappa shape index (κ1) is 15.5. The molecule has 0 radical (unpaired) electrons. The van der Waals surface area contributed by atoms with Crippen LogP contribution in [-0.4, -0.2) is 42.9 Å². The number of hydrogen-bond donors (Lipinski definition) is 2. The van der Waals surface area contributed by atoms with Gasteiger partial charge >= 0.3 is 0 Å². The largest absolute Gasteiger partial charge is 0.370 e. The van der Waals surface area contributed by atoms with Crippen molar-refractivity contribution >= 4 is 35.8 Å². The fourth-order valence-corrected chi connectivity index (χ4v) is 2.20. The van der Waals surface area contributed by atoms with Crippen LogP contribution in [0.1, 0.15) is 32.1 Å². The molecule has 1 aliphatic heterocycles. The molecule has 0 aromatic rings. The lowest BCUT2D eigenvalue weighted by Crippen LogP contribution is -2.44. The zero-order valence-electron chi connectivity index (χ0n) is 10.9. The molecular formula is C12H23IN4O. The molecule has 1 saturated heterocycles. The summed E-state index contributed by atoms with van der Waals surface area (Å²) in [5, 5.41) is 3.21. The number of nitrogens with one attached hydrogen (secondary N) is 1. The van der Waals surface area contributed by atoms with Gasteiger partial charge in [0.15, 0.2) is 5.96 Å². The topological polar surface area (TPSA) is 70.7 Å². The lowest BCUT2D eigenvalue weighted by atomic mass is 9.93. The highest BCUT2D eigenvalue weighted by molar-refractivity contribution is 14.0. The Morgan fingerprint density at radius 1 is 1.50 bits per heavy atom. The third kappa shape index (κ3) is 4.29. The van der Waals surface area contributed by atoms with Crippen LogP contribution in [0.15, 0.2) is 4.99 Å². The zero-order chi connectivity index (χ0) is 12.3. The van der Waals surface area contributed by atoms with Gasteiger partial charge in [0.1, 0.15) is 0 Å². The van der Waals surface area contributed by atoms with Crippen LogP contribution in [0, 0.1) is 5.92 Å². The molecule has 5 nitrogen and oxygen atoms in total. The normalized spacial score (nSPS) is 25.4. The van der Waals surface area contributed by atoms with Crippen molar-refractivity contribution in [3.8, 4) is 0 Å². The van der Waals surface area contributed by atoms with Crippen LogP contribution < -0.4 is 11.1 Å². The first-order valence-corrected chi connectivity index (χ1v) is 6.45. The van der Waals surface area contributed by atoms with E-state index in [1.54, 1.807) is 4.90 Å². The number of halogens is 1. The zero-order valence-corrected chi connectivity index (χ0v) is 13.2. The number of amides is 1. The minimum absolute atomic E-state index is 0. The number of rotatable bonds is 3. The lowest BCUT2D eigenvalue weighted by molar-refractivity contribution is -0.133. The highest BCUT2D eigenvalue weighted by atomic mass is 127. The van der Waals surface area contributed by atoms with Crippen LogP contribution in [0.5, 0.6) is 0 Å². The van der Waals surface area contributed by atoms with Crippen molar-refractivity contribution in [2.45, 2.75) is 38.1 Å². The average molecular weight is 366 g/mol. The van der Waals surface area contributed by atoms with Crippen LogP contribution in [0.3, 0.4) is 0 Å². The van der Waals surface area contributed by atoms with Gasteiger partial charge in [0.25, 0.3) is 0 Å². The molecule has 0 bridgehead atoms. The molecule has 1 heterocycles. The van der Waals surface area contributed by atoms with Gasteiger partial charge in [-0.05, 0) is 31.6 Å². The van der Waals surface area contributed by atoms with Gasteiger partial charge in [0.2, 0.25) is 5.91 Å². The molecule has 1 unspecified atom stereocenters. The van der Waals surface area contributed by atoms with Crippen LogP contribution in [0.2, 0.25) is 0 Å². The first-order chi connectivity index (χ1) is 8.15. The number of hydrogen-bond acceptors (Lipinski definition) is 2. The van der Waals surface area contributed by atoms with Gasteiger partial charge in [-0.15, -0.1) is 24.0 Å². The number of carbonyl (C=O) groups excluding carboxylic acids is 1. The molecule has 18 heavy (non-hydrogen) atoms. The number of guanidine groups is 1. The standard InChI is InChI=1S/C12H22N4O.HI/c1-16-6-5-9(7-11(16)17)8-14-12(13)15-10-3-2-4-10;/h9-10H,2-8H2,1H3,(H3,13,14,15);1H. The number of piperidine rings is 1. The maximum Gasteiger partial charge on any atom is 0.222 e. The third-order valence-electron chi connectivity index (χ3n) is 3.74. The van der Waals surface area contributed by atoms with Gasteiger partial charge in [-0.3, -0.25) is 9.79 Å². The predicted octanol–water partition coefficient (Wildman–Crippen LogP) is 0.930. The number of carbonyl (C=O) groups is 1. The maximum atomic E-state index is 11.5. The number of aliphatic imine (C=N–C) groups is 1. The van der Waals surface area contributed by atoms with E-state index >= 15 is 0 Å². The summed E-state index contributed by atoms with van der Waals surface area (Å²) >= 11 is 0. The quantitative estimate of drug-likeness (QED) is 0.444. The van der Waals surface area contributed by atoms with E-state index in [9.17, 15) is 4.79 Å². The fraction of sp³-hybridized carbons (Fsp3) is 0.833. The molecule has 1 aliphatic carbocycles. The van der Waals surface area contributed by atoms with Gasteiger partial charge in [0.05, 0.1) is 0 Å². The Kier molecular flexibility index (Phi) is 6.17. The Morgan fingerprint density at radius 2 is 2.22 bits per heavy atom. The summed E-state index contributed by atoms with van der Waals surface area (Å²) in [5.74, 6) is 1.13. The Hall–Kier alpha value is -0.530. The molecule has 0 aromatic carbocycles. The monoisotopic (exact) mass is 366 g/mol. The van der Waals surface area contributed by atoms with E-state index in [0.717, 1.165) is 13.0 Å². The molecule has 1 amide bonds. The molecule has 6 heteroatoms. The summed E-state index contributed by atoms with van der Waals surface area (Å²) < 4.78 is 0. The molecule has 0 spiro atoms. The van der Waals surface area contributed by atoms with E-state index < -0.39 is 0 Å². The van der Waals surface area contributed by atoms with Crippen molar-refractivity contribution in [2.75, 3.05) is 20.1 Å². The average Bonchev–Trinajstić information content (AvgIpc) is 2.25. The second kappa shape index (κ2) is 7.16. The van der Waals surface area contributed by atoms with Crippen molar-refractivity contribution in [1.82, 2.24) is 10.2 Å². The van der Waals surface area contributed by atoms with E-state index in [0.29, 0.717) is 30.9 Å². The van der Waals surface area contributed by atoms with Gasteiger partial charge in [-0.2, -0.15) is 0 Å². The predicted molar refractivity (Wildman–Crippen MR) is 83.0 cm³/mol. The number of nitrogens with two attached hydrogens (primary N) is 1. The number of nitrogens with zero attached hydrogens (tertiary/aromatic N) is 2. The molecule has 0 aromatic heterocycles. The minimum Gasteiger partial charge on any atom is -0.370 e. The van der Waals surface area contributed by atoms with Crippen molar-refractivity contribution in [1.29, 1.82) is 0 Å². The summed E-state index contributed by atoms with van der Waals surface area (Å²) in [7, 11) is 1.86. The number of likely N-dealkylation sites (tertiary alicyclic amines) is 1. The molecular weight excluding hydrogens is 343 g/mol. The fourth-order valence-electron chi connectivity index (χ4n) is 2.20. The molecule has 2 aliphatic rings. The van der Waals surface area contributed by atoms with Gasteiger partial charge in [0, 0.05) is 32.6 Å². The third-order valence-corrected chi connectivity index (χ3v) is 3.74. The van der Waals surface area contributed by atoms with E-state index in [4.69, 9.17) is 5.73 Å². The summed E-state index contributed by atoms with van der Waals surface area (Å²) in [4.78, 5) is 17.6. The van der Waals surface area contributed by atoms with Crippen LogP contribution in [0.4, 0.5) is 0 Å². The Labute approximate surface area is 126 Å². The Morgan fingerprint density at radius 3 is 2.78 bits per heavy atom. The summed E-state index contributed by atoms with van der Waals surface area (Å²) in [6.07, 6.45) is 5.32. The SMILES string of the molecule is CN1CCC(CN=C(N)NC2CCC2)CC1=O.I. The first-order valence-electron chi connectivity index (χ1n) is 6.45. The van der Waals surface area contributed by atoms with Crippen LogP contribution >= 0.6 is 24.0 Å². The van der Waals surface area contributed by atoms with Gasteiger partial charge in [-0.25, -0.2) is 0 Å². The van der Waals surface area contributed by atoms with Crippen LogP contribution in [-0.2, 0) is 4.79 Å². The lowest BCUT2D eigenvalue weighted by Gasteiger charge is -2.29. The van der Waals surface area contributed by atoms with Crippen LogP contribution in [0.25, 0.3) is 0 Å². The highest BCUT2D eigenvalue weighted by Gasteiger charge is 2.23. The van der Waals surface area contributed by atoms with Gasteiger partial charge < -0.3 is 16.0 Å². The Balaban J connectivity index is 0.00000162. The van der Waals surface area contributed by atoms with E-state index in [2.05, 4.69) is 10.3 Å². The van der Waals surface area contributed by atoms with E-state index in [-0.39, 0.29) is 29.9 Å². The maximum absolute atomic E-state index is 11.5. The smallest absolute Gasteiger partial charge is 0.222 e. The van der Waals surface area contributed by atoms with Gasteiger partial charge in [-0.1, -0.05) is 0 Å². The molecule has 3 N–H and O–H groups in total. The highest BCUT2D eigenvalue weighted by Crippen LogP contribution is 2.18.